The maximum atomic E-state index is 12.3. The number of nitro benzene ring substituents is 1. The highest BCUT2D eigenvalue weighted by molar-refractivity contribution is 6.33. The van der Waals surface area contributed by atoms with Gasteiger partial charge in [-0.05, 0) is 24.5 Å². The van der Waals surface area contributed by atoms with Gasteiger partial charge in [-0.1, -0.05) is 31.0 Å². The van der Waals surface area contributed by atoms with Gasteiger partial charge in [0.2, 0.25) is 0 Å². The normalized spacial score (nSPS) is 18.6. The Balaban J connectivity index is 2.30. The lowest BCUT2D eigenvalue weighted by atomic mass is 10.1. The zero-order valence-corrected chi connectivity index (χ0v) is 11.4. The quantitative estimate of drug-likeness (QED) is 0.632. The molecule has 0 saturated carbocycles. The minimum atomic E-state index is -0.594. The van der Waals surface area contributed by atoms with Crippen molar-refractivity contribution in [2.75, 3.05) is 13.1 Å². The zero-order valence-electron chi connectivity index (χ0n) is 10.6. The molecule has 0 spiro atoms. The van der Waals surface area contributed by atoms with Crippen LogP contribution in [0, 0.1) is 16.0 Å². The highest BCUT2D eigenvalue weighted by atomic mass is 35.5. The van der Waals surface area contributed by atoms with E-state index in [1.165, 1.54) is 12.1 Å². The summed E-state index contributed by atoms with van der Waals surface area (Å²) in [7, 11) is 0. The molecule has 1 aromatic rings. The lowest BCUT2D eigenvalue weighted by Crippen LogP contribution is -2.29. The van der Waals surface area contributed by atoms with Crippen LogP contribution in [0.25, 0.3) is 0 Å². The summed E-state index contributed by atoms with van der Waals surface area (Å²) >= 11 is 5.82. The van der Waals surface area contributed by atoms with Crippen LogP contribution in [0.2, 0.25) is 5.02 Å². The maximum absolute atomic E-state index is 12.3. The number of amides is 1. The lowest BCUT2D eigenvalue weighted by molar-refractivity contribution is -0.385. The number of para-hydroxylation sites is 1. The van der Waals surface area contributed by atoms with Crippen molar-refractivity contribution in [2.45, 2.75) is 19.8 Å². The fourth-order valence-electron chi connectivity index (χ4n) is 2.39. The average Bonchev–Trinajstić information content (AvgIpc) is 2.85. The Kier molecular flexibility index (Phi) is 4.04. The molecule has 6 heteroatoms. The molecule has 0 radical (unpaired) electrons. The molecule has 0 aromatic heterocycles. The van der Waals surface area contributed by atoms with Crippen molar-refractivity contribution in [3.8, 4) is 0 Å². The molecule has 1 heterocycles. The topological polar surface area (TPSA) is 63.5 Å². The average molecular weight is 283 g/mol. The van der Waals surface area contributed by atoms with E-state index in [0.717, 1.165) is 12.8 Å². The summed E-state index contributed by atoms with van der Waals surface area (Å²) in [5.74, 6) is 0.187. The molecule has 19 heavy (non-hydrogen) atoms. The SMILES string of the molecule is CCC1CCN(C(=O)c2cccc(Cl)c2[N+](=O)[O-])C1. The van der Waals surface area contributed by atoms with Gasteiger partial charge in [-0.25, -0.2) is 0 Å². The summed E-state index contributed by atoms with van der Waals surface area (Å²) in [4.78, 5) is 24.5. The number of benzene rings is 1. The standard InChI is InChI=1S/C13H15ClN2O3/c1-2-9-6-7-15(8-9)13(17)10-4-3-5-11(14)12(10)16(18)19/h3-5,9H,2,6-8H2,1H3. The smallest absolute Gasteiger partial charge is 0.300 e. The lowest BCUT2D eigenvalue weighted by Gasteiger charge is -2.16. The largest absolute Gasteiger partial charge is 0.338 e. The van der Waals surface area contributed by atoms with Gasteiger partial charge in [0.05, 0.1) is 4.92 Å². The van der Waals surface area contributed by atoms with Crippen molar-refractivity contribution in [1.82, 2.24) is 4.90 Å². The first kappa shape index (κ1) is 13.8. The molecule has 1 unspecified atom stereocenters. The van der Waals surface area contributed by atoms with Crippen LogP contribution in [-0.2, 0) is 0 Å². The van der Waals surface area contributed by atoms with E-state index in [9.17, 15) is 14.9 Å². The molecule has 0 aliphatic carbocycles. The van der Waals surface area contributed by atoms with E-state index >= 15 is 0 Å². The second-order valence-corrected chi connectivity index (χ2v) is 5.11. The number of nitro groups is 1. The highest BCUT2D eigenvalue weighted by Gasteiger charge is 2.31. The Morgan fingerprint density at radius 1 is 1.58 bits per heavy atom. The number of rotatable bonds is 3. The minimum Gasteiger partial charge on any atom is -0.338 e. The molecular weight excluding hydrogens is 268 g/mol. The molecule has 0 bridgehead atoms. The van der Waals surface area contributed by atoms with E-state index in [0.29, 0.717) is 19.0 Å². The number of hydrogen-bond acceptors (Lipinski definition) is 3. The second-order valence-electron chi connectivity index (χ2n) is 4.71. The summed E-state index contributed by atoms with van der Waals surface area (Å²) in [6, 6.07) is 4.46. The molecular formula is C13H15ClN2O3. The molecule has 1 fully saturated rings. The number of halogens is 1. The van der Waals surface area contributed by atoms with Gasteiger partial charge in [0.15, 0.2) is 0 Å². The van der Waals surface area contributed by atoms with Gasteiger partial charge in [-0.15, -0.1) is 0 Å². The van der Waals surface area contributed by atoms with Crippen LogP contribution in [0.4, 0.5) is 5.69 Å². The molecule has 1 atom stereocenters. The summed E-state index contributed by atoms with van der Waals surface area (Å²) < 4.78 is 0. The Bertz CT molecular complexity index is 519. The Hall–Kier alpha value is -1.62. The van der Waals surface area contributed by atoms with Gasteiger partial charge in [-0.3, -0.25) is 14.9 Å². The summed E-state index contributed by atoms with van der Waals surface area (Å²) in [6.07, 6.45) is 1.97. The van der Waals surface area contributed by atoms with Crippen LogP contribution < -0.4 is 0 Å². The van der Waals surface area contributed by atoms with Gasteiger partial charge in [0, 0.05) is 13.1 Å². The number of hydrogen-bond donors (Lipinski definition) is 0. The molecule has 102 valence electrons. The fraction of sp³-hybridized carbons (Fsp3) is 0.462. The summed E-state index contributed by atoms with van der Waals surface area (Å²) in [5, 5.41) is 11.0. The maximum Gasteiger partial charge on any atom is 0.300 e. The first-order chi connectivity index (χ1) is 9.04. The van der Waals surface area contributed by atoms with E-state index in [1.807, 2.05) is 0 Å². The molecule has 5 nitrogen and oxygen atoms in total. The highest BCUT2D eigenvalue weighted by Crippen LogP contribution is 2.30. The van der Waals surface area contributed by atoms with Crippen LogP contribution in [-0.4, -0.2) is 28.8 Å². The fourth-order valence-corrected chi connectivity index (χ4v) is 2.64. The van der Waals surface area contributed by atoms with Gasteiger partial charge in [0.25, 0.3) is 5.91 Å². The van der Waals surface area contributed by atoms with Crippen molar-refractivity contribution >= 4 is 23.2 Å². The Morgan fingerprint density at radius 3 is 2.89 bits per heavy atom. The van der Waals surface area contributed by atoms with Gasteiger partial charge in [0.1, 0.15) is 10.6 Å². The molecule has 0 N–H and O–H groups in total. The predicted octanol–water partition coefficient (Wildman–Crippen LogP) is 3.12. The first-order valence-electron chi connectivity index (χ1n) is 6.26. The molecule has 1 aliphatic rings. The van der Waals surface area contributed by atoms with Gasteiger partial charge >= 0.3 is 5.69 Å². The minimum absolute atomic E-state index is 0.00193. The van der Waals surface area contributed by atoms with E-state index in [2.05, 4.69) is 6.92 Å². The molecule has 1 aromatic carbocycles. The van der Waals surface area contributed by atoms with Crippen LogP contribution in [0.1, 0.15) is 30.1 Å². The third kappa shape index (κ3) is 2.71. The van der Waals surface area contributed by atoms with E-state index in [-0.39, 0.29) is 22.2 Å². The van der Waals surface area contributed by atoms with Crippen molar-refractivity contribution in [2.24, 2.45) is 5.92 Å². The molecule has 1 aliphatic heterocycles. The monoisotopic (exact) mass is 282 g/mol. The van der Waals surface area contributed by atoms with Crippen LogP contribution in [0.5, 0.6) is 0 Å². The van der Waals surface area contributed by atoms with E-state index < -0.39 is 4.92 Å². The van der Waals surface area contributed by atoms with Crippen molar-refractivity contribution < 1.29 is 9.72 Å². The third-order valence-electron chi connectivity index (χ3n) is 3.55. The predicted molar refractivity (Wildman–Crippen MR) is 72.4 cm³/mol. The molecule has 1 saturated heterocycles. The number of likely N-dealkylation sites (tertiary alicyclic amines) is 1. The van der Waals surface area contributed by atoms with Gasteiger partial charge < -0.3 is 4.90 Å². The molecule has 1 amide bonds. The second kappa shape index (κ2) is 5.57. The van der Waals surface area contributed by atoms with E-state index in [1.54, 1.807) is 11.0 Å². The van der Waals surface area contributed by atoms with Crippen molar-refractivity contribution in [3.05, 3.63) is 38.9 Å². The van der Waals surface area contributed by atoms with Crippen molar-refractivity contribution in [3.63, 3.8) is 0 Å². The number of nitrogens with zero attached hydrogens (tertiary/aromatic N) is 2. The van der Waals surface area contributed by atoms with Gasteiger partial charge in [-0.2, -0.15) is 0 Å². The van der Waals surface area contributed by atoms with Crippen molar-refractivity contribution in [1.29, 1.82) is 0 Å². The Morgan fingerprint density at radius 2 is 2.32 bits per heavy atom. The molecule has 2 rings (SSSR count). The first-order valence-corrected chi connectivity index (χ1v) is 6.64. The number of carbonyl (C=O) groups is 1. The van der Waals surface area contributed by atoms with Crippen LogP contribution in [0.3, 0.4) is 0 Å². The van der Waals surface area contributed by atoms with Crippen LogP contribution >= 0.6 is 11.6 Å². The zero-order chi connectivity index (χ0) is 14.0. The van der Waals surface area contributed by atoms with Crippen LogP contribution in [0.15, 0.2) is 18.2 Å². The van der Waals surface area contributed by atoms with E-state index in [4.69, 9.17) is 11.6 Å². The summed E-state index contributed by atoms with van der Waals surface area (Å²) in [5.41, 5.74) is -0.219. The Labute approximate surface area is 116 Å². The number of carbonyl (C=O) groups excluding carboxylic acids is 1. The third-order valence-corrected chi connectivity index (χ3v) is 3.86. The summed E-state index contributed by atoms with van der Waals surface area (Å²) in [6.45, 7) is 3.40.